The summed E-state index contributed by atoms with van der Waals surface area (Å²) in [5, 5.41) is 0. The highest BCUT2D eigenvalue weighted by Crippen LogP contribution is 2.25. The molecule has 0 unspecified atom stereocenters. The third kappa shape index (κ3) is 1.80. The summed E-state index contributed by atoms with van der Waals surface area (Å²) in [6, 6.07) is 3.77. The summed E-state index contributed by atoms with van der Waals surface area (Å²) >= 11 is 0. The quantitative estimate of drug-likeness (QED) is 0.768. The highest BCUT2D eigenvalue weighted by molar-refractivity contribution is 5.78. The zero-order valence-corrected chi connectivity index (χ0v) is 7.92. The number of alkyl halides is 3. The van der Waals surface area contributed by atoms with Gasteiger partial charge in [-0.25, -0.2) is 9.37 Å². The SMILES string of the molecule is Nc1nc2c(F)cccc2n1CC(F)(F)F. The van der Waals surface area contributed by atoms with Crippen molar-refractivity contribution in [2.75, 3.05) is 5.73 Å². The van der Waals surface area contributed by atoms with Crippen LogP contribution in [0, 0.1) is 5.82 Å². The van der Waals surface area contributed by atoms with Gasteiger partial charge < -0.3 is 10.3 Å². The number of para-hydroxylation sites is 1. The lowest BCUT2D eigenvalue weighted by atomic mass is 10.3. The molecule has 0 aliphatic rings. The third-order valence-corrected chi connectivity index (χ3v) is 2.10. The Balaban J connectivity index is 2.61. The van der Waals surface area contributed by atoms with Crippen LogP contribution in [0.2, 0.25) is 0 Å². The summed E-state index contributed by atoms with van der Waals surface area (Å²) < 4.78 is 50.6. The minimum absolute atomic E-state index is 0.0369. The van der Waals surface area contributed by atoms with Gasteiger partial charge in [-0.15, -0.1) is 0 Å². The second kappa shape index (κ2) is 3.36. The molecule has 3 nitrogen and oxygen atoms in total. The van der Waals surface area contributed by atoms with E-state index in [2.05, 4.69) is 4.98 Å². The number of fused-ring (bicyclic) bond motifs is 1. The number of hydrogen-bond acceptors (Lipinski definition) is 2. The molecule has 0 radical (unpaired) electrons. The molecule has 0 bridgehead atoms. The number of hydrogen-bond donors (Lipinski definition) is 1. The number of nitrogens with zero attached hydrogens (tertiary/aromatic N) is 2. The van der Waals surface area contributed by atoms with Crippen LogP contribution < -0.4 is 5.73 Å². The lowest BCUT2D eigenvalue weighted by Gasteiger charge is -2.09. The van der Waals surface area contributed by atoms with Crippen LogP contribution in [-0.2, 0) is 6.54 Å². The van der Waals surface area contributed by atoms with E-state index < -0.39 is 18.5 Å². The van der Waals surface area contributed by atoms with Crippen molar-refractivity contribution in [3.63, 3.8) is 0 Å². The van der Waals surface area contributed by atoms with E-state index >= 15 is 0 Å². The highest BCUT2D eigenvalue weighted by atomic mass is 19.4. The Bertz CT molecular complexity index is 529. The van der Waals surface area contributed by atoms with Crippen molar-refractivity contribution in [3.8, 4) is 0 Å². The Hall–Kier alpha value is -1.79. The summed E-state index contributed by atoms with van der Waals surface area (Å²) in [7, 11) is 0. The molecule has 0 amide bonds. The minimum atomic E-state index is -4.42. The van der Waals surface area contributed by atoms with Gasteiger partial charge in [0.05, 0.1) is 5.52 Å². The summed E-state index contributed by atoms with van der Waals surface area (Å²) in [6.07, 6.45) is -4.42. The summed E-state index contributed by atoms with van der Waals surface area (Å²) in [6.45, 7) is -1.28. The van der Waals surface area contributed by atoms with E-state index in [1.54, 1.807) is 0 Å². The van der Waals surface area contributed by atoms with Crippen molar-refractivity contribution in [2.45, 2.75) is 12.7 Å². The Labute approximate surface area is 87.5 Å². The zero-order chi connectivity index (χ0) is 11.9. The van der Waals surface area contributed by atoms with Gasteiger partial charge in [0.2, 0.25) is 5.95 Å². The van der Waals surface area contributed by atoms with Crippen molar-refractivity contribution in [3.05, 3.63) is 24.0 Å². The fourth-order valence-electron chi connectivity index (χ4n) is 1.48. The molecule has 0 saturated carbocycles. The average Bonchev–Trinajstić information content (AvgIpc) is 2.44. The maximum absolute atomic E-state index is 13.2. The van der Waals surface area contributed by atoms with Gasteiger partial charge in [-0.3, -0.25) is 0 Å². The molecular formula is C9H7F4N3. The van der Waals surface area contributed by atoms with E-state index in [1.807, 2.05) is 0 Å². The standard InChI is InChI=1S/C9H7F4N3/c10-5-2-1-3-6-7(5)15-8(14)16(6)4-9(11,12)13/h1-3H,4H2,(H2,14,15). The van der Waals surface area contributed by atoms with Crippen molar-refractivity contribution in [2.24, 2.45) is 0 Å². The predicted molar refractivity (Wildman–Crippen MR) is 50.2 cm³/mol. The number of aromatic nitrogens is 2. The summed E-state index contributed by atoms with van der Waals surface area (Å²) in [4.78, 5) is 3.56. The molecule has 0 atom stereocenters. The molecule has 0 spiro atoms. The Morgan fingerprint density at radius 2 is 2.00 bits per heavy atom. The Morgan fingerprint density at radius 1 is 1.31 bits per heavy atom. The number of nitrogen functional groups attached to an aromatic ring is 1. The molecule has 1 aromatic heterocycles. The molecule has 0 aliphatic heterocycles. The number of benzene rings is 1. The molecule has 1 aromatic carbocycles. The van der Waals surface area contributed by atoms with Gasteiger partial charge in [0.1, 0.15) is 12.1 Å². The van der Waals surface area contributed by atoms with Crippen molar-refractivity contribution in [1.29, 1.82) is 0 Å². The van der Waals surface area contributed by atoms with Gasteiger partial charge >= 0.3 is 6.18 Å². The van der Waals surface area contributed by atoms with Gasteiger partial charge in [0, 0.05) is 0 Å². The van der Waals surface area contributed by atoms with Crippen molar-refractivity contribution >= 4 is 17.0 Å². The van der Waals surface area contributed by atoms with Crippen LogP contribution in [0.3, 0.4) is 0 Å². The second-order valence-electron chi connectivity index (χ2n) is 3.28. The average molecular weight is 233 g/mol. The van der Waals surface area contributed by atoms with Gasteiger partial charge in [-0.2, -0.15) is 13.2 Å². The molecule has 2 rings (SSSR count). The van der Waals surface area contributed by atoms with Crippen LogP contribution in [0.15, 0.2) is 18.2 Å². The molecule has 86 valence electrons. The van der Waals surface area contributed by atoms with Gasteiger partial charge in [0.25, 0.3) is 0 Å². The first-order valence-electron chi connectivity index (χ1n) is 4.35. The highest BCUT2D eigenvalue weighted by Gasteiger charge is 2.30. The van der Waals surface area contributed by atoms with Gasteiger partial charge in [-0.1, -0.05) is 6.07 Å². The molecular weight excluding hydrogens is 226 g/mol. The van der Waals surface area contributed by atoms with Crippen LogP contribution in [0.5, 0.6) is 0 Å². The van der Waals surface area contributed by atoms with E-state index in [4.69, 9.17) is 5.73 Å². The molecule has 0 aliphatic carbocycles. The molecule has 7 heteroatoms. The number of anilines is 1. The lowest BCUT2D eigenvalue weighted by molar-refractivity contribution is -0.139. The Morgan fingerprint density at radius 3 is 2.62 bits per heavy atom. The van der Waals surface area contributed by atoms with Crippen molar-refractivity contribution < 1.29 is 17.6 Å². The zero-order valence-electron chi connectivity index (χ0n) is 7.92. The monoisotopic (exact) mass is 233 g/mol. The van der Waals surface area contributed by atoms with Crippen LogP contribution >= 0.6 is 0 Å². The van der Waals surface area contributed by atoms with Crippen LogP contribution in [0.25, 0.3) is 11.0 Å². The van der Waals surface area contributed by atoms with E-state index in [1.165, 1.54) is 12.1 Å². The fourth-order valence-corrected chi connectivity index (χ4v) is 1.48. The van der Waals surface area contributed by atoms with Crippen LogP contribution in [0.1, 0.15) is 0 Å². The lowest BCUT2D eigenvalue weighted by Crippen LogP contribution is -2.19. The molecule has 0 fully saturated rings. The number of imidazole rings is 1. The molecule has 2 aromatic rings. The van der Waals surface area contributed by atoms with Crippen LogP contribution in [0.4, 0.5) is 23.5 Å². The summed E-state index contributed by atoms with van der Waals surface area (Å²) in [5.41, 5.74) is 5.20. The topological polar surface area (TPSA) is 43.8 Å². The largest absolute Gasteiger partial charge is 0.406 e. The number of nitrogens with two attached hydrogens (primary N) is 1. The molecule has 1 heterocycles. The normalized spacial score (nSPS) is 12.2. The summed E-state index contributed by atoms with van der Waals surface area (Å²) in [5.74, 6) is -1.04. The van der Waals surface area contributed by atoms with E-state index in [0.717, 1.165) is 10.6 Å². The maximum atomic E-state index is 13.2. The number of halogens is 4. The van der Waals surface area contributed by atoms with E-state index in [-0.39, 0.29) is 17.0 Å². The van der Waals surface area contributed by atoms with E-state index in [0.29, 0.717) is 0 Å². The second-order valence-corrected chi connectivity index (χ2v) is 3.28. The van der Waals surface area contributed by atoms with Gasteiger partial charge in [-0.05, 0) is 12.1 Å². The molecule has 2 N–H and O–H groups in total. The van der Waals surface area contributed by atoms with Crippen molar-refractivity contribution in [1.82, 2.24) is 9.55 Å². The maximum Gasteiger partial charge on any atom is 0.406 e. The minimum Gasteiger partial charge on any atom is -0.369 e. The van der Waals surface area contributed by atoms with E-state index in [9.17, 15) is 17.6 Å². The Kier molecular flexibility index (Phi) is 2.25. The third-order valence-electron chi connectivity index (χ3n) is 2.10. The molecule has 0 saturated heterocycles. The first kappa shape index (κ1) is 10.7. The van der Waals surface area contributed by atoms with Crippen LogP contribution in [-0.4, -0.2) is 15.7 Å². The molecule has 16 heavy (non-hydrogen) atoms. The fraction of sp³-hybridized carbons (Fsp3) is 0.222. The first-order chi connectivity index (χ1) is 7.38. The smallest absolute Gasteiger partial charge is 0.369 e. The van der Waals surface area contributed by atoms with Gasteiger partial charge in [0.15, 0.2) is 5.82 Å². The predicted octanol–water partition coefficient (Wildman–Crippen LogP) is 2.32. The first-order valence-corrected chi connectivity index (χ1v) is 4.35. The number of rotatable bonds is 1.